The Bertz CT molecular complexity index is 543. The third-order valence-electron chi connectivity index (χ3n) is 2.69. The van der Waals surface area contributed by atoms with E-state index in [0.717, 1.165) is 38.4 Å². The molecule has 2 N–H and O–H groups in total. The molecule has 2 aromatic rings. The van der Waals surface area contributed by atoms with E-state index in [1.807, 2.05) is 39.0 Å². The average molecular weight is 280 g/mol. The summed E-state index contributed by atoms with van der Waals surface area (Å²) in [4.78, 5) is 0. The molecule has 1 aromatic heterocycles. The number of benzene rings is 1. The standard InChI is InChI=1S/C13H14BrNO/c1-7-4-12(14)11(6-13(7)15)10-5-8(2)16-9(10)3/h4-6H,15H2,1-3H3. The molecule has 0 spiro atoms. The van der Waals surface area contributed by atoms with Crippen molar-refractivity contribution in [2.45, 2.75) is 20.8 Å². The molecule has 0 radical (unpaired) electrons. The van der Waals surface area contributed by atoms with E-state index in [-0.39, 0.29) is 0 Å². The Morgan fingerprint density at radius 3 is 2.31 bits per heavy atom. The quantitative estimate of drug-likeness (QED) is 0.794. The van der Waals surface area contributed by atoms with Crippen LogP contribution in [0.1, 0.15) is 17.1 Å². The summed E-state index contributed by atoms with van der Waals surface area (Å²) in [5, 5.41) is 0. The summed E-state index contributed by atoms with van der Waals surface area (Å²) in [5.41, 5.74) is 9.99. The van der Waals surface area contributed by atoms with Crippen molar-refractivity contribution in [3.05, 3.63) is 39.8 Å². The molecule has 2 rings (SSSR count). The summed E-state index contributed by atoms with van der Waals surface area (Å²) in [5.74, 6) is 1.83. The summed E-state index contributed by atoms with van der Waals surface area (Å²) >= 11 is 3.56. The maximum absolute atomic E-state index is 5.93. The topological polar surface area (TPSA) is 39.2 Å². The minimum absolute atomic E-state index is 0.802. The molecule has 0 aliphatic rings. The van der Waals surface area contributed by atoms with Crippen LogP contribution in [0.3, 0.4) is 0 Å². The van der Waals surface area contributed by atoms with Crippen molar-refractivity contribution in [1.29, 1.82) is 0 Å². The van der Waals surface area contributed by atoms with Crippen molar-refractivity contribution in [3.63, 3.8) is 0 Å². The molecule has 0 aliphatic carbocycles. The van der Waals surface area contributed by atoms with Gasteiger partial charge < -0.3 is 10.2 Å². The molecule has 0 saturated heterocycles. The molecular formula is C13H14BrNO. The van der Waals surface area contributed by atoms with Crippen LogP contribution < -0.4 is 5.73 Å². The van der Waals surface area contributed by atoms with Crippen LogP contribution in [0.2, 0.25) is 0 Å². The highest BCUT2D eigenvalue weighted by atomic mass is 79.9. The smallest absolute Gasteiger partial charge is 0.108 e. The van der Waals surface area contributed by atoms with Crippen LogP contribution in [0, 0.1) is 20.8 Å². The Balaban J connectivity index is 2.64. The highest BCUT2D eigenvalue weighted by Crippen LogP contribution is 2.35. The minimum Gasteiger partial charge on any atom is -0.466 e. The van der Waals surface area contributed by atoms with Gasteiger partial charge in [0.15, 0.2) is 0 Å². The van der Waals surface area contributed by atoms with Gasteiger partial charge in [0.25, 0.3) is 0 Å². The largest absolute Gasteiger partial charge is 0.466 e. The fourth-order valence-electron chi connectivity index (χ4n) is 1.79. The molecule has 16 heavy (non-hydrogen) atoms. The molecule has 0 unspecified atom stereocenters. The molecular weight excluding hydrogens is 266 g/mol. The van der Waals surface area contributed by atoms with Crippen LogP contribution in [0.25, 0.3) is 11.1 Å². The molecule has 0 bridgehead atoms. The van der Waals surface area contributed by atoms with Gasteiger partial charge in [-0.1, -0.05) is 15.9 Å². The van der Waals surface area contributed by atoms with Crippen molar-refractivity contribution in [3.8, 4) is 11.1 Å². The first-order chi connectivity index (χ1) is 7.49. The second kappa shape index (κ2) is 3.98. The van der Waals surface area contributed by atoms with Gasteiger partial charge in [0.2, 0.25) is 0 Å². The number of rotatable bonds is 1. The van der Waals surface area contributed by atoms with Gasteiger partial charge in [0.1, 0.15) is 11.5 Å². The minimum atomic E-state index is 0.802. The monoisotopic (exact) mass is 279 g/mol. The molecule has 0 amide bonds. The maximum atomic E-state index is 5.93. The second-order valence-electron chi connectivity index (χ2n) is 4.02. The molecule has 84 valence electrons. The number of anilines is 1. The number of furan rings is 1. The first-order valence-corrected chi connectivity index (χ1v) is 5.91. The van der Waals surface area contributed by atoms with E-state index >= 15 is 0 Å². The normalized spacial score (nSPS) is 10.8. The van der Waals surface area contributed by atoms with Crippen molar-refractivity contribution in [2.75, 3.05) is 5.73 Å². The average Bonchev–Trinajstić information content (AvgIpc) is 2.51. The van der Waals surface area contributed by atoms with Crippen molar-refractivity contribution >= 4 is 21.6 Å². The SMILES string of the molecule is Cc1cc(-c2cc(N)c(C)cc2Br)c(C)o1. The number of hydrogen-bond donors (Lipinski definition) is 1. The molecule has 1 heterocycles. The first-order valence-electron chi connectivity index (χ1n) is 5.12. The molecule has 0 aliphatic heterocycles. The number of nitrogens with two attached hydrogens (primary N) is 1. The van der Waals surface area contributed by atoms with Crippen molar-refractivity contribution in [1.82, 2.24) is 0 Å². The number of hydrogen-bond acceptors (Lipinski definition) is 2. The van der Waals surface area contributed by atoms with Crippen LogP contribution >= 0.6 is 15.9 Å². The van der Waals surface area contributed by atoms with E-state index in [2.05, 4.69) is 15.9 Å². The number of nitrogen functional groups attached to an aromatic ring is 1. The summed E-state index contributed by atoms with van der Waals surface area (Å²) in [6.07, 6.45) is 0. The lowest BCUT2D eigenvalue weighted by molar-refractivity contribution is 0.505. The van der Waals surface area contributed by atoms with Crippen molar-refractivity contribution in [2.24, 2.45) is 0 Å². The molecule has 1 aromatic carbocycles. The fraction of sp³-hybridized carbons (Fsp3) is 0.231. The van der Waals surface area contributed by atoms with E-state index in [1.165, 1.54) is 0 Å². The van der Waals surface area contributed by atoms with Crippen LogP contribution in [0.15, 0.2) is 27.1 Å². The van der Waals surface area contributed by atoms with Gasteiger partial charge in [-0.3, -0.25) is 0 Å². The third-order valence-corrected chi connectivity index (χ3v) is 3.34. The van der Waals surface area contributed by atoms with Gasteiger partial charge in [-0.2, -0.15) is 0 Å². The van der Waals surface area contributed by atoms with Gasteiger partial charge in [0, 0.05) is 21.3 Å². The predicted molar refractivity (Wildman–Crippen MR) is 70.5 cm³/mol. The molecule has 2 nitrogen and oxygen atoms in total. The maximum Gasteiger partial charge on any atom is 0.108 e. The summed E-state index contributed by atoms with van der Waals surface area (Å²) in [6, 6.07) is 6.05. The molecule has 3 heteroatoms. The number of halogens is 1. The van der Waals surface area contributed by atoms with Gasteiger partial charge in [-0.05, 0) is 44.5 Å². The lowest BCUT2D eigenvalue weighted by Crippen LogP contribution is -1.91. The molecule has 0 saturated carbocycles. The molecule has 0 fully saturated rings. The predicted octanol–water partition coefficient (Wildman–Crippen LogP) is 4.22. The Hall–Kier alpha value is -1.22. The lowest BCUT2D eigenvalue weighted by atomic mass is 10.0. The van der Waals surface area contributed by atoms with Crippen LogP contribution in [0.5, 0.6) is 0 Å². The zero-order chi connectivity index (χ0) is 11.9. The van der Waals surface area contributed by atoms with Gasteiger partial charge in [0.05, 0.1) is 0 Å². The van der Waals surface area contributed by atoms with E-state index in [9.17, 15) is 0 Å². The van der Waals surface area contributed by atoms with E-state index < -0.39 is 0 Å². The highest BCUT2D eigenvalue weighted by molar-refractivity contribution is 9.10. The molecule has 0 atom stereocenters. The second-order valence-corrected chi connectivity index (χ2v) is 4.87. The van der Waals surface area contributed by atoms with E-state index in [4.69, 9.17) is 10.2 Å². The van der Waals surface area contributed by atoms with Gasteiger partial charge in [-0.15, -0.1) is 0 Å². The Morgan fingerprint density at radius 2 is 1.75 bits per heavy atom. The zero-order valence-corrected chi connectivity index (χ0v) is 11.2. The van der Waals surface area contributed by atoms with Crippen molar-refractivity contribution < 1.29 is 4.42 Å². The summed E-state index contributed by atoms with van der Waals surface area (Å²) < 4.78 is 6.58. The first kappa shape index (κ1) is 11.3. The lowest BCUT2D eigenvalue weighted by Gasteiger charge is -2.07. The third kappa shape index (κ3) is 1.87. The van der Waals surface area contributed by atoms with E-state index in [0.29, 0.717) is 0 Å². The Labute approximate surface area is 104 Å². The summed E-state index contributed by atoms with van der Waals surface area (Å²) in [7, 11) is 0. The van der Waals surface area contributed by atoms with Crippen LogP contribution in [0.4, 0.5) is 5.69 Å². The zero-order valence-electron chi connectivity index (χ0n) is 9.60. The fourth-order valence-corrected chi connectivity index (χ4v) is 2.47. The van der Waals surface area contributed by atoms with Crippen LogP contribution in [-0.2, 0) is 0 Å². The Morgan fingerprint density at radius 1 is 1.06 bits per heavy atom. The highest BCUT2D eigenvalue weighted by Gasteiger charge is 2.11. The van der Waals surface area contributed by atoms with Gasteiger partial charge >= 0.3 is 0 Å². The Kier molecular flexibility index (Phi) is 2.80. The van der Waals surface area contributed by atoms with Crippen LogP contribution in [-0.4, -0.2) is 0 Å². The summed E-state index contributed by atoms with van der Waals surface area (Å²) in [6.45, 7) is 5.91. The number of aryl methyl sites for hydroxylation is 3. The van der Waals surface area contributed by atoms with Gasteiger partial charge in [-0.25, -0.2) is 0 Å². The van der Waals surface area contributed by atoms with E-state index in [1.54, 1.807) is 0 Å².